The van der Waals surface area contributed by atoms with Crippen molar-refractivity contribution in [2.75, 3.05) is 26.7 Å². The summed E-state index contributed by atoms with van der Waals surface area (Å²) in [5.74, 6) is 7.65. The average Bonchev–Trinajstić information content (AvgIpc) is 3.20. The normalized spacial score (nSPS) is 25.0. The zero-order valence-electron chi connectivity index (χ0n) is 23.0. The smallest absolute Gasteiger partial charge is 0.0523 e. The van der Waals surface area contributed by atoms with Crippen molar-refractivity contribution in [1.82, 2.24) is 14.8 Å². The second kappa shape index (κ2) is 11.6. The Morgan fingerprint density at radius 3 is 2.54 bits per heavy atom. The van der Waals surface area contributed by atoms with Gasteiger partial charge >= 0.3 is 0 Å². The van der Waals surface area contributed by atoms with E-state index in [1.165, 1.54) is 79.4 Å². The van der Waals surface area contributed by atoms with Crippen LogP contribution in [0.3, 0.4) is 0 Å². The van der Waals surface area contributed by atoms with Gasteiger partial charge in [-0.2, -0.15) is 0 Å². The van der Waals surface area contributed by atoms with E-state index in [-0.39, 0.29) is 0 Å². The minimum atomic E-state index is 0.313. The highest BCUT2D eigenvalue weighted by Gasteiger charge is 2.37. The van der Waals surface area contributed by atoms with Crippen molar-refractivity contribution in [3.05, 3.63) is 89.1 Å². The van der Waals surface area contributed by atoms with E-state index in [4.69, 9.17) is 5.84 Å². The van der Waals surface area contributed by atoms with E-state index in [1.807, 2.05) is 6.08 Å². The van der Waals surface area contributed by atoms with Crippen LogP contribution >= 0.6 is 0 Å². The van der Waals surface area contributed by atoms with E-state index in [1.54, 1.807) is 5.01 Å². The molecular formula is C33H46N4. The summed E-state index contributed by atoms with van der Waals surface area (Å²) < 4.78 is 0. The molecule has 0 spiro atoms. The largest absolute Gasteiger partial charge is 0.314 e. The van der Waals surface area contributed by atoms with E-state index in [0.717, 1.165) is 43.1 Å². The molecule has 37 heavy (non-hydrogen) atoms. The van der Waals surface area contributed by atoms with E-state index in [9.17, 15) is 0 Å². The number of aryl methyl sites for hydroxylation is 1. The fourth-order valence-electron chi connectivity index (χ4n) is 7.13. The Morgan fingerprint density at radius 2 is 1.81 bits per heavy atom. The lowest BCUT2D eigenvalue weighted by Crippen LogP contribution is -2.56. The van der Waals surface area contributed by atoms with E-state index in [2.05, 4.69) is 79.4 Å². The molecule has 2 N–H and O–H groups in total. The first kappa shape index (κ1) is 26.2. The van der Waals surface area contributed by atoms with Gasteiger partial charge in [-0.15, -0.1) is 0 Å². The quantitative estimate of drug-likeness (QED) is 0.443. The molecule has 2 saturated heterocycles. The molecule has 0 aromatic heterocycles. The first-order valence-electron chi connectivity index (χ1n) is 14.4. The summed E-state index contributed by atoms with van der Waals surface area (Å²) in [6, 6.07) is 17.2. The lowest BCUT2D eigenvalue weighted by atomic mass is 9.77. The van der Waals surface area contributed by atoms with Crippen LogP contribution in [-0.2, 0) is 19.4 Å². The lowest BCUT2D eigenvalue weighted by Gasteiger charge is -2.49. The highest BCUT2D eigenvalue weighted by Crippen LogP contribution is 2.36. The van der Waals surface area contributed by atoms with Crippen molar-refractivity contribution < 1.29 is 0 Å². The van der Waals surface area contributed by atoms with E-state index >= 15 is 0 Å². The molecule has 2 aromatic rings. The lowest BCUT2D eigenvalue weighted by molar-refractivity contribution is 0.00686. The molecule has 0 amide bonds. The van der Waals surface area contributed by atoms with Crippen molar-refractivity contribution in [3.63, 3.8) is 0 Å². The van der Waals surface area contributed by atoms with Crippen LogP contribution in [0.1, 0.15) is 59.9 Å². The van der Waals surface area contributed by atoms with Gasteiger partial charge in [0.15, 0.2) is 0 Å². The number of hydrogen-bond acceptors (Lipinski definition) is 4. The molecule has 2 aromatic carbocycles. The predicted octanol–water partition coefficient (Wildman–Crippen LogP) is 5.81. The van der Waals surface area contributed by atoms with Crippen molar-refractivity contribution in [3.8, 4) is 0 Å². The van der Waals surface area contributed by atoms with Gasteiger partial charge in [-0.05, 0) is 80.2 Å². The summed E-state index contributed by atoms with van der Waals surface area (Å²) in [6.45, 7) is 14.8. The molecule has 2 aliphatic heterocycles. The molecule has 4 nitrogen and oxygen atoms in total. The van der Waals surface area contributed by atoms with Gasteiger partial charge in [-0.3, -0.25) is 9.80 Å². The molecule has 1 aliphatic carbocycles. The summed E-state index contributed by atoms with van der Waals surface area (Å²) in [7, 11) is 2.20. The van der Waals surface area contributed by atoms with Gasteiger partial charge in [-0.1, -0.05) is 80.1 Å². The molecule has 3 aliphatic rings. The summed E-state index contributed by atoms with van der Waals surface area (Å²) in [5, 5.41) is 1.80. The minimum Gasteiger partial charge on any atom is -0.314 e. The molecular weight excluding hydrogens is 452 g/mol. The highest BCUT2D eigenvalue weighted by molar-refractivity contribution is 5.53. The summed E-state index contributed by atoms with van der Waals surface area (Å²) in [5.41, 5.74) is 8.00. The van der Waals surface area contributed by atoms with Gasteiger partial charge < -0.3 is 5.01 Å². The van der Waals surface area contributed by atoms with Crippen LogP contribution in [0.5, 0.6) is 0 Å². The Kier molecular flexibility index (Phi) is 8.18. The first-order valence-corrected chi connectivity index (χ1v) is 14.4. The fourth-order valence-corrected chi connectivity index (χ4v) is 7.13. The zero-order valence-corrected chi connectivity index (χ0v) is 23.0. The molecule has 3 atom stereocenters. The van der Waals surface area contributed by atoms with Crippen LogP contribution in [-0.4, -0.2) is 53.6 Å². The zero-order chi connectivity index (χ0) is 25.9. The van der Waals surface area contributed by atoms with Gasteiger partial charge in [0, 0.05) is 37.9 Å². The summed E-state index contributed by atoms with van der Waals surface area (Å²) in [6.07, 6.45) is 10.9. The molecule has 4 heteroatoms. The van der Waals surface area contributed by atoms with Crippen molar-refractivity contribution in [2.24, 2.45) is 17.7 Å². The fraction of sp³-hybridized carbons (Fsp3) is 0.515. The first-order chi connectivity index (χ1) is 17.9. The third-order valence-electron chi connectivity index (χ3n) is 9.20. The number of likely N-dealkylation sites (tertiary alicyclic amines) is 1. The number of nitrogens with two attached hydrogens (primary N) is 1. The Balaban J connectivity index is 1.22. The maximum Gasteiger partial charge on any atom is 0.0523 e. The Morgan fingerprint density at radius 1 is 1.03 bits per heavy atom. The number of likely N-dealkylation sites (N-methyl/N-ethyl adjacent to an activating group) is 1. The maximum absolute atomic E-state index is 6.08. The maximum atomic E-state index is 6.08. The van der Waals surface area contributed by atoms with Gasteiger partial charge in [0.2, 0.25) is 0 Å². The number of hydrogen-bond donors (Lipinski definition) is 1. The molecule has 198 valence electrons. The Bertz CT molecular complexity index is 1100. The molecule has 1 saturated carbocycles. The molecule has 3 unspecified atom stereocenters. The van der Waals surface area contributed by atoms with Crippen LogP contribution in [0.4, 0.5) is 0 Å². The van der Waals surface area contributed by atoms with Crippen molar-refractivity contribution >= 4 is 6.08 Å². The van der Waals surface area contributed by atoms with Crippen LogP contribution in [0.25, 0.3) is 6.08 Å². The molecule has 3 fully saturated rings. The van der Waals surface area contributed by atoms with Gasteiger partial charge in [0.1, 0.15) is 0 Å². The van der Waals surface area contributed by atoms with Crippen molar-refractivity contribution in [1.29, 1.82) is 0 Å². The number of benzene rings is 2. The van der Waals surface area contributed by atoms with Crippen molar-refractivity contribution in [2.45, 2.75) is 70.5 Å². The number of nitrogens with zero attached hydrogens (tertiary/aromatic N) is 3. The second-order valence-electron chi connectivity index (χ2n) is 12.0. The monoisotopic (exact) mass is 498 g/mol. The molecule has 2 heterocycles. The van der Waals surface area contributed by atoms with Crippen LogP contribution in [0.2, 0.25) is 0 Å². The molecule has 0 radical (unpaired) electrons. The third-order valence-corrected chi connectivity index (χ3v) is 9.20. The highest BCUT2D eigenvalue weighted by atomic mass is 15.4. The van der Waals surface area contributed by atoms with Gasteiger partial charge in [0.05, 0.1) is 6.04 Å². The number of rotatable bonds is 9. The molecule has 0 bridgehead atoms. The predicted molar refractivity (Wildman–Crippen MR) is 156 cm³/mol. The number of hydrazine groups is 1. The molecule has 5 rings (SSSR count). The van der Waals surface area contributed by atoms with Gasteiger partial charge in [-0.25, -0.2) is 5.84 Å². The van der Waals surface area contributed by atoms with Crippen LogP contribution in [0, 0.1) is 18.8 Å². The SMILES string of the molecule is C=Cc1ccc(CC2CCCCC2N2CC(Cc3cccc(C)c3)C2)cc1CN(C)C1CCN(N)C1=C. The van der Waals surface area contributed by atoms with E-state index < -0.39 is 0 Å². The Labute approximate surface area is 224 Å². The second-order valence-corrected chi connectivity index (χ2v) is 12.0. The van der Waals surface area contributed by atoms with E-state index in [0.29, 0.717) is 6.04 Å². The average molecular weight is 499 g/mol. The van der Waals surface area contributed by atoms with Crippen LogP contribution in [0.15, 0.2) is 61.3 Å². The summed E-state index contributed by atoms with van der Waals surface area (Å²) >= 11 is 0. The summed E-state index contributed by atoms with van der Waals surface area (Å²) in [4.78, 5) is 5.21. The standard InChI is InChI=1S/C33H46N4/c1-5-29-14-13-27(20-31(29)23-35(4)32-15-16-37(34)25(32)3)19-30-11-6-7-12-33(30)36-21-28(22-36)18-26-10-8-9-24(2)17-26/h5,8-10,13-14,17,20,28,30,32-33H,1,3,6-7,11-12,15-16,18-19,21-23,34H2,2,4H3. The minimum absolute atomic E-state index is 0.313. The topological polar surface area (TPSA) is 35.7 Å². The Hall–Kier alpha value is -2.40. The third kappa shape index (κ3) is 6.03. The van der Waals surface area contributed by atoms with Crippen LogP contribution < -0.4 is 5.84 Å². The van der Waals surface area contributed by atoms with Gasteiger partial charge in [0.25, 0.3) is 0 Å².